The third-order valence-electron chi connectivity index (χ3n) is 15.0. The summed E-state index contributed by atoms with van der Waals surface area (Å²) < 4.78 is 42.4. The zero-order valence-corrected chi connectivity index (χ0v) is 52.4. The smallest absolute Gasteiger partial charge is 0.164 e. The zero-order valence-electron chi connectivity index (χ0n) is 52.4. The average Bonchev–Trinajstić information content (AvgIpc) is 1.86. The van der Waals surface area contributed by atoms with E-state index in [1.54, 1.807) is 0 Å². The van der Waals surface area contributed by atoms with Crippen LogP contribution in [0.4, 0.5) is 13.2 Å². The van der Waals surface area contributed by atoms with E-state index in [-0.39, 0.29) is 11.1 Å². The predicted octanol–water partition coefficient (Wildman–Crippen LogP) is 20.2. The summed E-state index contributed by atoms with van der Waals surface area (Å²) in [4.78, 5) is 21.5. The molecule has 0 fully saturated rings. The lowest BCUT2D eigenvalue weighted by atomic mass is 9.96. The number of aromatic nitrogens is 7. The Morgan fingerprint density at radius 1 is 0.333 bits per heavy atom. The van der Waals surface area contributed by atoms with Crippen molar-refractivity contribution in [3.05, 3.63) is 292 Å². The zero-order chi connectivity index (χ0) is 62.5. The van der Waals surface area contributed by atoms with Gasteiger partial charge in [0.05, 0.1) is 5.52 Å². The molecule has 7 nitrogen and oxygen atoms in total. The van der Waals surface area contributed by atoms with E-state index in [1.807, 2.05) is 102 Å². The first-order valence-corrected chi connectivity index (χ1v) is 29.1. The van der Waals surface area contributed by atoms with Crippen molar-refractivity contribution in [2.75, 3.05) is 0 Å². The number of aryl methyl sites for hydroxylation is 13. The number of rotatable bonds is 1. The summed E-state index contributed by atoms with van der Waals surface area (Å²) in [6.45, 7) is 23.0. The van der Waals surface area contributed by atoms with Gasteiger partial charge in [-0.3, -0.25) is 15.0 Å². The van der Waals surface area contributed by atoms with Gasteiger partial charge in [-0.25, -0.2) is 23.1 Å². The summed E-state index contributed by atoms with van der Waals surface area (Å²) in [5.41, 5.74) is 19.0. The van der Waals surface area contributed by atoms with Crippen LogP contribution in [0.15, 0.2) is 207 Å². The van der Waals surface area contributed by atoms with Crippen molar-refractivity contribution in [1.29, 1.82) is 0 Å². The van der Waals surface area contributed by atoms with Crippen LogP contribution in [0.5, 0.6) is 0 Å². The van der Waals surface area contributed by atoms with Crippen molar-refractivity contribution in [1.82, 2.24) is 34.1 Å². The molecule has 0 saturated carbocycles. The van der Waals surface area contributed by atoms with E-state index in [2.05, 4.69) is 215 Å². The second kappa shape index (κ2) is 28.9. The standard InChI is InChI=1S/C17H15N.2C14H13N.C10H10N2.C8H7F3.2C7H9N/c1-12-15-10-6-7-11-16(15)17(13(2)18-12)14-8-4-3-5-9-14;1-10-7-8-14-12(9-10)11-5-3-4-6-13(11)15(14)2;1-10-7-8-12-11-5-3-4-6-13(11)15(2)14(12)9-10;1-7-9-5-3-4-6-10(9)12-8(2)11-7;1-4-3-6(9)5(2)8(11)7(4)10;1-6-3-7(2)5-8-4-6;1-6-4-3-5-7(2)8-6/h3-11H,1-2H3;2*3-9H,1-2H3;3-6H,1-2H3;3H,1-2H3;2*3-5H,1-2H3. The molecule has 6 heterocycles. The molecule has 10 heteroatoms. The van der Waals surface area contributed by atoms with Crippen molar-refractivity contribution in [2.45, 2.75) is 83.1 Å². The van der Waals surface area contributed by atoms with Crippen LogP contribution in [-0.2, 0) is 14.1 Å². The fourth-order valence-corrected chi connectivity index (χ4v) is 10.7. The Kier molecular flexibility index (Phi) is 21.0. The molecular formula is C77H76F3N7. The molecule has 0 unspecified atom stereocenters. The number of benzene rings is 8. The Labute approximate surface area is 509 Å². The summed E-state index contributed by atoms with van der Waals surface area (Å²) >= 11 is 0. The molecular weight excluding hydrogens is 1080 g/mol. The predicted molar refractivity (Wildman–Crippen MR) is 359 cm³/mol. The SMILES string of the molecule is Cc1cc(F)c(C)c(F)c1F.Cc1ccc2c(c1)c1ccccc1n2C.Cc1ccc2c3ccccc3n(C)c2c1.Cc1cccc(C)n1.Cc1cncc(C)c1.Cc1nc(C)c2ccccc2c1-c1ccccc1.Cc1nc(C)c2ccccc2n1. The van der Waals surface area contributed by atoms with Crippen molar-refractivity contribution in [3.8, 4) is 11.1 Å². The Morgan fingerprint density at radius 2 is 0.828 bits per heavy atom. The fraction of sp³-hybridized carbons (Fsp3) is 0.182. The van der Waals surface area contributed by atoms with Gasteiger partial charge in [0.2, 0.25) is 0 Å². The number of fused-ring (bicyclic) bond motifs is 8. The fourth-order valence-electron chi connectivity index (χ4n) is 10.7. The van der Waals surface area contributed by atoms with Gasteiger partial charge in [-0.1, -0.05) is 145 Å². The maximum Gasteiger partial charge on any atom is 0.164 e. The Hall–Kier alpha value is -9.80. The number of nitrogens with zero attached hydrogens (tertiary/aromatic N) is 7. The van der Waals surface area contributed by atoms with Gasteiger partial charge < -0.3 is 9.13 Å². The Balaban J connectivity index is 0.000000134. The first-order valence-electron chi connectivity index (χ1n) is 29.1. The summed E-state index contributed by atoms with van der Waals surface area (Å²) in [7, 11) is 4.25. The third kappa shape index (κ3) is 15.6. The Morgan fingerprint density at radius 3 is 1.43 bits per heavy atom. The summed E-state index contributed by atoms with van der Waals surface area (Å²) in [6.07, 6.45) is 3.71. The molecule has 14 rings (SSSR count). The largest absolute Gasteiger partial charge is 0.344 e. The van der Waals surface area contributed by atoms with E-state index in [0.29, 0.717) is 0 Å². The Bertz CT molecular complexity index is 4570. The van der Waals surface area contributed by atoms with Gasteiger partial charge in [0.1, 0.15) is 11.6 Å². The van der Waals surface area contributed by atoms with Crippen LogP contribution in [0.3, 0.4) is 0 Å². The second-order valence-electron chi connectivity index (χ2n) is 22.0. The highest BCUT2D eigenvalue weighted by Gasteiger charge is 2.13. The molecule has 440 valence electrons. The topological polar surface area (TPSA) is 74.3 Å². The van der Waals surface area contributed by atoms with Crippen molar-refractivity contribution >= 4 is 65.3 Å². The highest BCUT2D eigenvalue weighted by molar-refractivity contribution is 6.09. The average molecular weight is 1160 g/mol. The molecule has 8 aromatic carbocycles. The lowest BCUT2D eigenvalue weighted by Gasteiger charge is -2.12. The van der Waals surface area contributed by atoms with Crippen LogP contribution in [0.1, 0.15) is 67.7 Å². The monoisotopic (exact) mass is 1160 g/mol. The minimum Gasteiger partial charge on any atom is -0.344 e. The lowest BCUT2D eigenvalue weighted by molar-refractivity contribution is 0.480. The van der Waals surface area contributed by atoms with E-state index in [4.69, 9.17) is 0 Å². The molecule has 0 spiro atoms. The van der Waals surface area contributed by atoms with E-state index >= 15 is 0 Å². The van der Waals surface area contributed by atoms with Gasteiger partial charge in [-0.2, -0.15) is 0 Å². The third-order valence-corrected chi connectivity index (χ3v) is 15.0. The van der Waals surface area contributed by atoms with E-state index in [0.717, 1.165) is 51.3 Å². The van der Waals surface area contributed by atoms with Crippen LogP contribution in [0, 0.1) is 101 Å². The van der Waals surface area contributed by atoms with Crippen molar-refractivity contribution in [2.24, 2.45) is 14.1 Å². The molecule has 0 bridgehead atoms. The van der Waals surface area contributed by atoms with E-state index in [1.165, 1.54) is 102 Å². The van der Waals surface area contributed by atoms with Gasteiger partial charge in [-0.15, -0.1) is 0 Å². The van der Waals surface area contributed by atoms with Gasteiger partial charge in [0, 0.05) is 120 Å². The lowest BCUT2D eigenvalue weighted by Crippen LogP contribution is -1.96. The highest BCUT2D eigenvalue weighted by Crippen LogP contribution is 2.33. The van der Waals surface area contributed by atoms with Crippen LogP contribution in [-0.4, -0.2) is 34.1 Å². The maximum absolute atomic E-state index is 12.6. The van der Waals surface area contributed by atoms with Gasteiger partial charge in [-0.05, 0) is 171 Å². The molecule has 0 N–H and O–H groups in total. The molecule has 0 saturated heterocycles. The van der Waals surface area contributed by atoms with E-state index in [9.17, 15) is 13.2 Å². The molecule has 14 aromatic rings. The highest BCUT2D eigenvalue weighted by atomic mass is 19.2. The van der Waals surface area contributed by atoms with Gasteiger partial charge in [0.15, 0.2) is 11.6 Å². The summed E-state index contributed by atoms with van der Waals surface area (Å²) in [6, 6.07) is 66.5. The summed E-state index contributed by atoms with van der Waals surface area (Å²) in [5.74, 6) is -1.93. The normalized spacial score (nSPS) is 10.6. The molecule has 0 aliphatic heterocycles. The van der Waals surface area contributed by atoms with Crippen LogP contribution in [0.2, 0.25) is 0 Å². The van der Waals surface area contributed by atoms with Crippen LogP contribution < -0.4 is 0 Å². The molecule has 0 aliphatic rings. The molecule has 6 aromatic heterocycles. The number of pyridine rings is 3. The first-order chi connectivity index (χ1) is 41.7. The number of para-hydroxylation sites is 3. The molecule has 0 radical (unpaired) electrons. The first kappa shape index (κ1) is 63.2. The van der Waals surface area contributed by atoms with Gasteiger partial charge in [0.25, 0.3) is 0 Å². The number of hydrogen-bond acceptors (Lipinski definition) is 5. The van der Waals surface area contributed by atoms with Crippen molar-refractivity contribution < 1.29 is 13.2 Å². The van der Waals surface area contributed by atoms with Gasteiger partial charge >= 0.3 is 0 Å². The van der Waals surface area contributed by atoms with E-state index < -0.39 is 17.5 Å². The quantitative estimate of drug-likeness (QED) is 0.153. The molecule has 0 atom stereocenters. The number of hydrogen-bond donors (Lipinski definition) is 0. The van der Waals surface area contributed by atoms with Crippen molar-refractivity contribution in [3.63, 3.8) is 0 Å². The molecule has 0 aliphatic carbocycles. The number of halogens is 3. The minimum atomic E-state index is -1.09. The summed E-state index contributed by atoms with van der Waals surface area (Å²) in [5, 5.41) is 9.05. The van der Waals surface area contributed by atoms with Crippen LogP contribution in [0.25, 0.3) is 76.4 Å². The molecule has 0 amide bonds. The van der Waals surface area contributed by atoms with Crippen LogP contribution >= 0.6 is 0 Å². The maximum atomic E-state index is 12.6. The second-order valence-corrected chi connectivity index (χ2v) is 22.0. The molecule has 87 heavy (non-hydrogen) atoms. The minimum absolute atomic E-state index is 0.00870.